The lowest BCUT2D eigenvalue weighted by Crippen LogP contribution is -2.35. The molecule has 0 saturated heterocycles. The lowest BCUT2D eigenvalue weighted by molar-refractivity contribution is -0.120. The Morgan fingerprint density at radius 1 is 1.20 bits per heavy atom. The van der Waals surface area contributed by atoms with E-state index in [1.165, 1.54) is 18.3 Å². The predicted molar refractivity (Wildman–Crippen MR) is 97.5 cm³/mol. The molecule has 0 fully saturated rings. The van der Waals surface area contributed by atoms with E-state index >= 15 is 0 Å². The van der Waals surface area contributed by atoms with Gasteiger partial charge in [-0.3, -0.25) is 9.59 Å². The molecule has 2 rings (SSSR count). The van der Waals surface area contributed by atoms with Crippen LogP contribution >= 0.6 is 23.2 Å². The predicted octanol–water partition coefficient (Wildman–Crippen LogP) is 2.88. The smallest absolute Gasteiger partial charge is 0.259 e. The van der Waals surface area contributed by atoms with Crippen molar-refractivity contribution in [1.29, 1.82) is 0 Å². The zero-order valence-corrected chi connectivity index (χ0v) is 14.8. The summed E-state index contributed by atoms with van der Waals surface area (Å²) in [6.45, 7) is -0.243. The summed E-state index contributed by atoms with van der Waals surface area (Å²) in [6, 6.07) is 11.7. The van der Waals surface area contributed by atoms with E-state index in [0.717, 1.165) is 5.56 Å². The highest BCUT2D eigenvalue weighted by molar-refractivity contribution is 6.36. The maximum atomic E-state index is 12.0. The summed E-state index contributed by atoms with van der Waals surface area (Å²) >= 11 is 11.7. The number of carbonyl (C=O) groups excluding carboxylic acids is 2. The summed E-state index contributed by atoms with van der Waals surface area (Å²) in [5.41, 5.74) is 3.32. The fourth-order valence-electron chi connectivity index (χ4n) is 1.87. The molecule has 0 unspecified atom stereocenters. The Hall–Kier alpha value is -2.57. The molecule has 2 aromatic rings. The maximum absolute atomic E-state index is 12.0. The van der Waals surface area contributed by atoms with E-state index < -0.39 is 11.8 Å². The Labute approximate surface area is 154 Å². The van der Waals surface area contributed by atoms with Gasteiger partial charge in [-0.25, -0.2) is 5.43 Å². The molecule has 0 spiro atoms. The number of halogens is 2. The second-order valence-electron chi connectivity index (χ2n) is 4.88. The SMILES string of the molecule is COc1cccc(/C=N\NC(=O)CNC(=O)c2ccc(Cl)cc2Cl)c1. The number of ether oxygens (including phenoxy) is 1. The third-order valence-corrected chi connectivity index (χ3v) is 3.63. The minimum atomic E-state index is -0.478. The maximum Gasteiger partial charge on any atom is 0.259 e. The molecule has 2 N–H and O–H groups in total. The monoisotopic (exact) mass is 379 g/mol. The van der Waals surface area contributed by atoms with Gasteiger partial charge in [-0.1, -0.05) is 35.3 Å². The van der Waals surface area contributed by atoms with Crippen LogP contribution in [0.1, 0.15) is 15.9 Å². The van der Waals surface area contributed by atoms with E-state index in [-0.39, 0.29) is 17.1 Å². The fraction of sp³-hybridized carbons (Fsp3) is 0.118. The summed E-state index contributed by atoms with van der Waals surface area (Å²) in [4.78, 5) is 23.7. The average Bonchev–Trinajstić information content (AvgIpc) is 2.60. The first-order valence-electron chi connectivity index (χ1n) is 7.19. The van der Waals surface area contributed by atoms with Crippen LogP contribution in [0.4, 0.5) is 0 Å². The van der Waals surface area contributed by atoms with Crippen molar-refractivity contribution < 1.29 is 14.3 Å². The Balaban J connectivity index is 1.83. The van der Waals surface area contributed by atoms with E-state index in [1.54, 1.807) is 31.4 Å². The van der Waals surface area contributed by atoms with Crippen molar-refractivity contribution in [3.8, 4) is 5.75 Å². The molecule has 0 bridgehead atoms. The van der Waals surface area contributed by atoms with Crippen LogP contribution in [-0.4, -0.2) is 31.7 Å². The van der Waals surface area contributed by atoms with Gasteiger partial charge in [0.25, 0.3) is 11.8 Å². The van der Waals surface area contributed by atoms with Crippen LogP contribution in [0, 0.1) is 0 Å². The van der Waals surface area contributed by atoms with Crippen molar-refractivity contribution in [1.82, 2.24) is 10.7 Å². The summed E-state index contributed by atoms with van der Waals surface area (Å²) in [7, 11) is 1.56. The molecule has 0 aromatic heterocycles. The lowest BCUT2D eigenvalue weighted by Gasteiger charge is -2.06. The first kappa shape index (κ1) is 18.8. The average molecular weight is 380 g/mol. The topological polar surface area (TPSA) is 79.8 Å². The van der Waals surface area contributed by atoms with Crippen molar-refractivity contribution in [3.05, 3.63) is 63.6 Å². The van der Waals surface area contributed by atoms with Crippen LogP contribution in [0.15, 0.2) is 47.6 Å². The van der Waals surface area contributed by atoms with Crippen molar-refractivity contribution in [2.75, 3.05) is 13.7 Å². The van der Waals surface area contributed by atoms with E-state index in [1.807, 2.05) is 6.07 Å². The molecule has 0 aliphatic carbocycles. The van der Waals surface area contributed by atoms with Crippen molar-refractivity contribution in [2.45, 2.75) is 0 Å². The quantitative estimate of drug-likeness (QED) is 0.598. The Morgan fingerprint density at radius 2 is 2.00 bits per heavy atom. The molecule has 2 amide bonds. The molecule has 6 nitrogen and oxygen atoms in total. The Bertz CT molecular complexity index is 809. The van der Waals surface area contributed by atoms with Gasteiger partial charge >= 0.3 is 0 Å². The van der Waals surface area contributed by atoms with Gasteiger partial charge in [0.05, 0.1) is 30.5 Å². The van der Waals surface area contributed by atoms with E-state index in [0.29, 0.717) is 10.8 Å². The highest BCUT2D eigenvalue weighted by atomic mass is 35.5. The fourth-order valence-corrected chi connectivity index (χ4v) is 2.36. The molecule has 0 saturated carbocycles. The van der Waals surface area contributed by atoms with Crippen LogP contribution in [-0.2, 0) is 4.79 Å². The van der Waals surface area contributed by atoms with Crippen LogP contribution in [0.3, 0.4) is 0 Å². The second kappa shape index (κ2) is 9.05. The summed E-state index contributed by atoms with van der Waals surface area (Å²) in [6.07, 6.45) is 1.47. The molecule has 2 aromatic carbocycles. The Kier molecular flexibility index (Phi) is 6.80. The lowest BCUT2D eigenvalue weighted by atomic mass is 10.2. The number of carbonyl (C=O) groups is 2. The summed E-state index contributed by atoms with van der Waals surface area (Å²) in [5.74, 6) is -0.270. The van der Waals surface area contributed by atoms with Crippen molar-refractivity contribution >= 4 is 41.2 Å². The number of hydrogen-bond acceptors (Lipinski definition) is 4. The van der Waals surface area contributed by atoms with Gasteiger partial charge in [0.1, 0.15) is 5.75 Å². The molecule has 25 heavy (non-hydrogen) atoms. The number of amides is 2. The third kappa shape index (κ3) is 5.77. The van der Waals surface area contributed by atoms with Crippen LogP contribution in [0.25, 0.3) is 0 Å². The number of rotatable bonds is 6. The van der Waals surface area contributed by atoms with Crippen molar-refractivity contribution in [2.24, 2.45) is 5.10 Å². The van der Waals surface area contributed by atoms with Crippen LogP contribution in [0.5, 0.6) is 5.75 Å². The number of benzene rings is 2. The second-order valence-corrected chi connectivity index (χ2v) is 5.72. The number of nitrogens with one attached hydrogen (secondary N) is 2. The Morgan fingerprint density at radius 3 is 2.72 bits per heavy atom. The molecule has 0 aliphatic rings. The molecule has 0 radical (unpaired) electrons. The first-order chi connectivity index (χ1) is 12.0. The van der Waals surface area contributed by atoms with Crippen LogP contribution in [0.2, 0.25) is 10.0 Å². The van der Waals surface area contributed by atoms with Crippen LogP contribution < -0.4 is 15.5 Å². The third-order valence-electron chi connectivity index (χ3n) is 3.08. The molecular weight excluding hydrogens is 365 g/mol. The first-order valence-corrected chi connectivity index (χ1v) is 7.94. The molecule has 0 aliphatic heterocycles. The zero-order chi connectivity index (χ0) is 18.2. The van der Waals surface area contributed by atoms with E-state index in [9.17, 15) is 9.59 Å². The number of hydrogen-bond donors (Lipinski definition) is 2. The highest BCUT2D eigenvalue weighted by Crippen LogP contribution is 2.20. The molecular formula is C17H15Cl2N3O3. The number of methoxy groups -OCH3 is 1. The van der Waals surface area contributed by atoms with Crippen molar-refractivity contribution in [3.63, 3.8) is 0 Å². The van der Waals surface area contributed by atoms with Gasteiger partial charge < -0.3 is 10.1 Å². The summed E-state index contributed by atoms with van der Waals surface area (Å²) in [5, 5.41) is 6.91. The highest BCUT2D eigenvalue weighted by Gasteiger charge is 2.11. The zero-order valence-electron chi connectivity index (χ0n) is 13.3. The minimum Gasteiger partial charge on any atom is -0.497 e. The largest absolute Gasteiger partial charge is 0.497 e. The van der Waals surface area contributed by atoms with Gasteiger partial charge in [-0.05, 0) is 35.9 Å². The standard InChI is InChI=1S/C17H15Cl2N3O3/c1-25-13-4-2-3-11(7-13)9-21-22-16(23)10-20-17(24)14-6-5-12(18)8-15(14)19/h2-9H,10H2,1H3,(H,20,24)(H,22,23)/b21-9-. The molecule has 130 valence electrons. The van der Waals surface area contributed by atoms with Gasteiger partial charge in [0, 0.05) is 5.02 Å². The summed E-state index contributed by atoms with van der Waals surface area (Å²) < 4.78 is 5.09. The normalized spacial score (nSPS) is 10.5. The van der Waals surface area contributed by atoms with E-state index in [4.69, 9.17) is 27.9 Å². The minimum absolute atomic E-state index is 0.210. The van der Waals surface area contributed by atoms with Gasteiger partial charge in [0.15, 0.2) is 0 Å². The molecule has 0 heterocycles. The van der Waals surface area contributed by atoms with E-state index in [2.05, 4.69) is 15.8 Å². The van der Waals surface area contributed by atoms with Gasteiger partial charge in [0.2, 0.25) is 0 Å². The molecule has 0 atom stereocenters. The number of nitrogens with zero attached hydrogens (tertiary/aromatic N) is 1. The van der Waals surface area contributed by atoms with Gasteiger partial charge in [-0.2, -0.15) is 5.10 Å². The number of hydrazone groups is 1. The molecule has 8 heteroatoms. The van der Waals surface area contributed by atoms with Gasteiger partial charge in [-0.15, -0.1) is 0 Å².